The number of nitriles is 1. The average molecular weight is 161 g/mol. The van der Waals surface area contributed by atoms with E-state index in [-0.39, 0.29) is 17.2 Å². The van der Waals surface area contributed by atoms with Gasteiger partial charge in [0.1, 0.15) is 11.8 Å². The highest BCUT2D eigenvalue weighted by atomic mass is 16.1. The zero-order chi connectivity index (χ0) is 8.55. The summed E-state index contributed by atoms with van der Waals surface area (Å²) in [5.74, 6) is 0.207. The van der Waals surface area contributed by atoms with Gasteiger partial charge in [0, 0.05) is 6.20 Å². The molecule has 6 nitrogen and oxygen atoms in total. The zero-order valence-electron chi connectivity index (χ0n) is 5.85. The summed E-state index contributed by atoms with van der Waals surface area (Å²) in [5.41, 5.74) is -0.122. The maximum atomic E-state index is 10.9. The van der Waals surface area contributed by atoms with Crippen LogP contribution in [0.4, 0.5) is 0 Å². The van der Waals surface area contributed by atoms with Gasteiger partial charge in [-0.15, -0.1) is 5.10 Å². The Labute approximate surface area is 66.1 Å². The Hall–Kier alpha value is -2.16. The molecule has 2 aromatic rings. The summed E-state index contributed by atoms with van der Waals surface area (Å²) in [7, 11) is 0. The van der Waals surface area contributed by atoms with Gasteiger partial charge in [0.05, 0.1) is 0 Å². The van der Waals surface area contributed by atoms with E-state index < -0.39 is 0 Å². The quantitative estimate of drug-likeness (QED) is 0.552. The first-order valence-electron chi connectivity index (χ1n) is 3.15. The molecule has 0 aliphatic rings. The first-order chi connectivity index (χ1) is 5.81. The Balaban J connectivity index is 2.89. The number of hydrogen-bond acceptors (Lipinski definition) is 4. The molecule has 0 saturated heterocycles. The highest BCUT2D eigenvalue weighted by Gasteiger charge is 2.00. The summed E-state index contributed by atoms with van der Waals surface area (Å²) in [6, 6.07) is 3.30. The van der Waals surface area contributed by atoms with Crippen LogP contribution in [0.2, 0.25) is 0 Å². The van der Waals surface area contributed by atoms with Crippen molar-refractivity contribution in [3.05, 3.63) is 28.4 Å². The van der Waals surface area contributed by atoms with E-state index >= 15 is 0 Å². The lowest BCUT2D eigenvalue weighted by Crippen LogP contribution is -2.09. The number of hydrogen-bond donors (Lipinski definition) is 1. The number of aromatic amines is 1. The molecule has 0 unspecified atom stereocenters. The van der Waals surface area contributed by atoms with Gasteiger partial charge in [-0.3, -0.25) is 0 Å². The molecule has 2 rings (SSSR count). The minimum absolute atomic E-state index is 0.207. The molecule has 2 heterocycles. The van der Waals surface area contributed by atoms with Gasteiger partial charge in [-0.1, -0.05) is 0 Å². The van der Waals surface area contributed by atoms with Crippen LogP contribution in [0.5, 0.6) is 0 Å². The van der Waals surface area contributed by atoms with Crippen molar-refractivity contribution in [3.8, 4) is 6.07 Å². The highest BCUT2D eigenvalue weighted by Crippen LogP contribution is 1.93. The summed E-state index contributed by atoms with van der Waals surface area (Å²) in [6.45, 7) is 0. The van der Waals surface area contributed by atoms with Gasteiger partial charge in [-0.25, -0.2) is 19.3 Å². The normalized spacial score (nSPS) is 9.92. The van der Waals surface area contributed by atoms with Crippen molar-refractivity contribution in [1.82, 2.24) is 19.6 Å². The smallest absolute Gasteiger partial charge is 0.246 e. The predicted molar refractivity (Wildman–Crippen MR) is 38.3 cm³/mol. The highest BCUT2D eigenvalue weighted by molar-refractivity contribution is 5.31. The van der Waals surface area contributed by atoms with Crippen molar-refractivity contribution in [2.24, 2.45) is 0 Å². The molecule has 1 N–H and O–H groups in total. The topological polar surface area (TPSA) is 86.8 Å². The van der Waals surface area contributed by atoms with Crippen molar-refractivity contribution in [3.63, 3.8) is 0 Å². The van der Waals surface area contributed by atoms with Crippen molar-refractivity contribution in [2.75, 3.05) is 0 Å². The minimum Gasteiger partial charge on any atom is -0.246 e. The number of nitrogens with one attached hydrogen (secondary N) is 1. The molecule has 0 amide bonds. The van der Waals surface area contributed by atoms with Crippen LogP contribution >= 0.6 is 0 Å². The largest absolute Gasteiger partial charge is 0.348 e. The predicted octanol–water partition coefficient (Wildman–Crippen LogP) is -0.711. The Kier molecular flexibility index (Phi) is 1.18. The van der Waals surface area contributed by atoms with Gasteiger partial charge in [0.25, 0.3) is 5.78 Å². The number of nitrogens with zero attached hydrogens (tertiary/aromatic N) is 4. The van der Waals surface area contributed by atoms with Crippen LogP contribution in [0.3, 0.4) is 0 Å². The molecule has 0 saturated carbocycles. The van der Waals surface area contributed by atoms with Gasteiger partial charge >= 0.3 is 5.69 Å². The Morgan fingerprint density at radius 3 is 3.25 bits per heavy atom. The lowest BCUT2D eigenvalue weighted by atomic mass is 10.4. The standard InChI is InChI=1S/C6H3N5O/c7-3-4-1-2-11-5(8-4)9-10-6(11)12/h1-2H,(H,10,12). The molecule has 58 valence electrons. The van der Waals surface area contributed by atoms with Crippen LogP contribution in [0.15, 0.2) is 17.1 Å². The van der Waals surface area contributed by atoms with E-state index in [0.717, 1.165) is 0 Å². The molecule has 0 spiro atoms. The Morgan fingerprint density at radius 2 is 2.50 bits per heavy atom. The van der Waals surface area contributed by atoms with Gasteiger partial charge in [-0.2, -0.15) is 5.26 Å². The molecule has 0 aromatic carbocycles. The van der Waals surface area contributed by atoms with Crippen molar-refractivity contribution in [2.45, 2.75) is 0 Å². The van der Waals surface area contributed by atoms with Crippen molar-refractivity contribution >= 4 is 5.78 Å². The maximum Gasteiger partial charge on any atom is 0.348 e. The van der Waals surface area contributed by atoms with E-state index in [1.165, 1.54) is 16.7 Å². The minimum atomic E-state index is -0.359. The average Bonchev–Trinajstić information content (AvgIpc) is 2.47. The van der Waals surface area contributed by atoms with Crippen LogP contribution < -0.4 is 5.69 Å². The summed E-state index contributed by atoms with van der Waals surface area (Å²) in [5, 5.41) is 14.3. The lowest BCUT2D eigenvalue weighted by molar-refractivity contribution is 1.02. The molecular formula is C6H3N5O. The fourth-order valence-electron chi connectivity index (χ4n) is 0.862. The van der Waals surface area contributed by atoms with Crippen LogP contribution in [0, 0.1) is 11.3 Å². The van der Waals surface area contributed by atoms with Crippen LogP contribution in [0.25, 0.3) is 5.78 Å². The molecular weight excluding hydrogens is 158 g/mol. The fraction of sp³-hybridized carbons (Fsp3) is 0. The number of rotatable bonds is 0. The van der Waals surface area contributed by atoms with Gasteiger partial charge in [-0.05, 0) is 6.07 Å². The summed E-state index contributed by atoms with van der Waals surface area (Å²) in [6.07, 6.45) is 1.45. The van der Waals surface area contributed by atoms with E-state index in [0.29, 0.717) is 0 Å². The molecule has 2 aromatic heterocycles. The second-order valence-electron chi connectivity index (χ2n) is 2.12. The van der Waals surface area contributed by atoms with Gasteiger partial charge in [0.15, 0.2) is 0 Å². The monoisotopic (exact) mass is 161 g/mol. The number of aromatic nitrogens is 4. The maximum absolute atomic E-state index is 10.9. The molecule has 0 radical (unpaired) electrons. The summed E-state index contributed by atoms with van der Waals surface area (Å²) >= 11 is 0. The van der Waals surface area contributed by atoms with E-state index in [2.05, 4.69) is 15.2 Å². The second kappa shape index (κ2) is 2.17. The summed E-state index contributed by atoms with van der Waals surface area (Å²) < 4.78 is 1.22. The van der Waals surface area contributed by atoms with Crippen LogP contribution in [-0.4, -0.2) is 19.6 Å². The molecule has 0 bridgehead atoms. The third-order valence-electron chi connectivity index (χ3n) is 1.40. The van der Waals surface area contributed by atoms with Gasteiger partial charge in [0.2, 0.25) is 0 Å². The van der Waals surface area contributed by atoms with E-state index in [1.807, 2.05) is 6.07 Å². The van der Waals surface area contributed by atoms with E-state index in [4.69, 9.17) is 5.26 Å². The van der Waals surface area contributed by atoms with E-state index in [1.54, 1.807) is 0 Å². The molecule has 0 aliphatic carbocycles. The van der Waals surface area contributed by atoms with Gasteiger partial charge < -0.3 is 0 Å². The number of fused-ring (bicyclic) bond motifs is 1. The second-order valence-corrected chi connectivity index (χ2v) is 2.12. The molecule has 6 heteroatoms. The van der Waals surface area contributed by atoms with Crippen LogP contribution in [0.1, 0.15) is 5.69 Å². The first kappa shape index (κ1) is 6.54. The molecule has 0 aliphatic heterocycles. The number of H-pyrrole nitrogens is 1. The fourth-order valence-corrected chi connectivity index (χ4v) is 0.862. The molecule has 12 heavy (non-hydrogen) atoms. The lowest BCUT2D eigenvalue weighted by Gasteiger charge is -1.87. The van der Waals surface area contributed by atoms with Crippen molar-refractivity contribution < 1.29 is 0 Å². The zero-order valence-corrected chi connectivity index (χ0v) is 5.85. The Morgan fingerprint density at radius 1 is 1.67 bits per heavy atom. The molecule has 0 fully saturated rings. The molecule has 0 atom stereocenters. The van der Waals surface area contributed by atoms with Crippen LogP contribution in [-0.2, 0) is 0 Å². The Bertz CT molecular complexity index is 516. The van der Waals surface area contributed by atoms with E-state index in [9.17, 15) is 4.79 Å². The van der Waals surface area contributed by atoms with Crippen molar-refractivity contribution in [1.29, 1.82) is 5.26 Å². The third kappa shape index (κ3) is 0.769. The summed E-state index contributed by atoms with van der Waals surface area (Å²) in [4.78, 5) is 14.7. The SMILES string of the molecule is N#Cc1ccn2c(=O)[nH]nc2n1. The third-order valence-corrected chi connectivity index (χ3v) is 1.40. The first-order valence-corrected chi connectivity index (χ1v) is 3.15.